The Morgan fingerprint density at radius 1 is 1.24 bits per heavy atom. The fourth-order valence-electron chi connectivity index (χ4n) is 2.67. The maximum Gasteiger partial charge on any atom is 0.330 e. The molecule has 1 heterocycles. The molecular formula is C18H24N2O5. The first-order chi connectivity index (χ1) is 12.0. The fourth-order valence-corrected chi connectivity index (χ4v) is 2.67. The van der Waals surface area contributed by atoms with Gasteiger partial charge >= 0.3 is 5.97 Å². The number of rotatable bonds is 9. The minimum absolute atomic E-state index is 0.0944. The molecule has 1 aliphatic heterocycles. The largest absolute Gasteiger partial charge is 0.493 e. The first-order valence-corrected chi connectivity index (χ1v) is 8.55. The first-order valence-electron chi connectivity index (χ1n) is 8.55. The van der Waals surface area contributed by atoms with E-state index >= 15 is 0 Å². The summed E-state index contributed by atoms with van der Waals surface area (Å²) in [5, 5.41) is 14.7. The van der Waals surface area contributed by atoms with Gasteiger partial charge < -0.3 is 20.5 Å². The van der Waals surface area contributed by atoms with Crippen molar-refractivity contribution in [1.82, 2.24) is 10.6 Å². The summed E-state index contributed by atoms with van der Waals surface area (Å²) >= 11 is 0. The maximum atomic E-state index is 12.0. The molecular weight excluding hydrogens is 324 g/mol. The van der Waals surface area contributed by atoms with Gasteiger partial charge in [0.05, 0.1) is 6.61 Å². The van der Waals surface area contributed by atoms with Crippen LogP contribution in [-0.4, -0.2) is 36.0 Å². The number of ether oxygens (including phenoxy) is 1. The molecule has 1 aromatic carbocycles. The number of hydrogen-bond donors (Lipinski definition) is 3. The van der Waals surface area contributed by atoms with Gasteiger partial charge in [-0.3, -0.25) is 9.59 Å². The number of nitrogens with one attached hydrogen (secondary N) is 2. The molecule has 1 aromatic rings. The predicted octanol–water partition coefficient (Wildman–Crippen LogP) is 1.56. The highest BCUT2D eigenvalue weighted by atomic mass is 16.5. The van der Waals surface area contributed by atoms with Crippen molar-refractivity contribution in [2.45, 2.75) is 45.1 Å². The van der Waals surface area contributed by atoms with Crippen LogP contribution in [0.1, 0.15) is 49.8 Å². The van der Waals surface area contributed by atoms with Gasteiger partial charge in [-0.15, -0.1) is 0 Å². The Morgan fingerprint density at radius 2 is 2.00 bits per heavy atom. The van der Waals surface area contributed by atoms with E-state index < -0.39 is 12.0 Å². The quantitative estimate of drug-likeness (QED) is 0.628. The summed E-state index contributed by atoms with van der Waals surface area (Å²) in [6.07, 6.45) is 2.33. The van der Waals surface area contributed by atoms with Crippen LogP contribution in [0.2, 0.25) is 0 Å². The smallest absolute Gasteiger partial charge is 0.330 e. The van der Waals surface area contributed by atoms with Gasteiger partial charge in [-0.2, -0.15) is 0 Å². The molecule has 0 fully saturated rings. The minimum Gasteiger partial charge on any atom is -0.493 e. The van der Waals surface area contributed by atoms with Crippen LogP contribution in [0.4, 0.5) is 0 Å². The maximum absolute atomic E-state index is 12.0. The molecule has 0 bridgehead atoms. The molecule has 25 heavy (non-hydrogen) atoms. The number of fused-ring (bicyclic) bond motifs is 1. The monoisotopic (exact) mass is 348 g/mol. The third kappa shape index (κ3) is 5.48. The Kier molecular flexibility index (Phi) is 6.80. The Bertz CT molecular complexity index is 644. The van der Waals surface area contributed by atoms with E-state index in [9.17, 15) is 19.5 Å². The molecule has 0 radical (unpaired) electrons. The predicted molar refractivity (Wildman–Crippen MR) is 91.3 cm³/mol. The van der Waals surface area contributed by atoms with Gasteiger partial charge in [-0.25, -0.2) is 4.79 Å². The van der Waals surface area contributed by atoms with Crippen molar-refractivity contribution in [1.29, 1.82) is 0 Å². The molecule has 2 amide bonds. The van der Waals surface area contributed by atoms with E-state index in [0.717, 1.165) is 24.2 Å². The van der Waals surface area contributed by atoms with Crippen LogP contribution in [0.25, 0.3) is 0 Å². The van der Waals surface area contributed by atoms with Crippen LogP contribution in [-0.2, 0) is 20.8 Å². The van der Waals surface area contributed by atoms with Crippen LogP contribution in [0.5, 0.6) is 5.75 Å². The highest BCUT2D eigenvalue weighted by Gasteiger charge is 2.24. The molecule has 1 atom stereocenters. The lowest BCUT2D eigenvalue weighted by Gasteiger charge is -2.16. The zero-order valence-electron chi connectivity index (χ0n) is 14.3. The number of carboxylic acids is 1. The van der Waals surface area contributed by atoms with Gasteiger partial charge in [-0.05, 0) is 36.1 Å². The molecule has 136 valence electrons. The second kappa shape index (κ2) is 9.05. The van der Waals surface area contributed by atoms with E-state index in [1.807, 2.05) is 6.92 Å². The average Bonchev–Trinajstić information content (AvgIpc) is 3.05. The van der Waals surface area contributed by atoms with Crippen molar-refractivity contribution < 1.29 is 24.2 Å². The minimum atomic E-state index is -1.12. The number of carbonyl (C=O) groups is 3. The van der Waals surface area contributed by atoms with Crippen LogP contribution >= 0.6 is 0 Å². The molecule has 0 saturated heterocycles. The standard InChI is InChI=1S/C18H24N2O5/c1-2-9-19-15(21)4-3-5-16(22)20-17(18(23)24)13-6-7-14-12(11-13)8-10-25-14/h6-7,11,17H,2-5,8-10H2,1H3,(H,19,21)(H,20,22)(H,23,24). The molecule has 1 aliphatic rings. The van der Waals surface area contributed by atoms with Crippen LogP contribution in [0.3, 0.4) is 0 Å². The Labute approximate surface area is 146 Å². The number of carbonyl (C=O) groups excluding carboxylic acids is 2. The molecule has 2 rings (SSSR count). The summed E-state index contributed by atoms with van der Waals surface area (Å²) in [7, 11) is 0. The SMILES string of the molecule is CCCNC(=O)CCCC(=O)NC(C(=O)O)c1ccc2c(c1)CCO2. The Hall–Kier alpha value is -2.57. The fraction of sp³-hybridized carbons (Fsp3) is 0.500. The summed E-state index contributed by atoms with van der Waals surface area (Å²) < 4.78 is 5.41. The summed E-state index contributed by atoms with van der Waals surface area (Å²) in [6.45, 7) is 3.17. The van der Waals surface area contributed by atoms with Crippen molar-refractivity contribution >= 4 is 17.8 Å². The van der Waals surface area contributed by atoms with E-state index in [2.05, 4.69) is 10.6 Å². The molecule has 0 aromatic heterocycles. The molecule has 1 unspecified atom stereocenters. The van der Waals surface area contributed by atoms with E-state index in [-0.39, 0.29) is 24.7 Å². The molecule has 7 heteroatoms. The van der Waals surface area contributed by atoms with Crippen molar-refractivity contribution in [2.24, 2.45) is 0 Å². The zero-order valence-corrected chi connectivity index (χ0v) is 14.3. The van der Waals surface area contributed by atoms with Crippen molar-refractivity contribution in [3.63, 3.8) is 0 Å². The Morgan fingerprint density at radius 3 is 2.72 bits per heavy atom. The van der Waals surface area contributed by atoms with Crippen LogP contribution in [0, 0.1) is 0 Å². The second-order valence-corrected chi connectivity index (χ2v) is 6.01. The van der Waals surface area contributed by atoms with E-state index in [4.69, 9.17) is 4.74 Å². The number of hydrogen-bond acceptors (Lipinski definition) is 4. The summed E-state index contributed by atoms with van der Waals surface area (Å²) in [5.74, 6) is -0.833. The van der Waals surface area contributed by atoms with Crippen molar-refractivity contribution in [2.75, 3.05) is 13.2 Å². The summed E-state index contributed by atoms with van der Waals surface area (Å²) in [6, 6.07) is 4.05. The highest BCUT2D eigenvalue weighted by Crippen LogP contribution is 2.28. The zero-order chi connectivity index (χ0) is 18.2. The number of aliphatic carboxylic acids is 1. The molecule has 0 aliphatic carbocycles. The lowest BCUT2D eigenvalue weighted by Crippen LogP contribution is -2.34. The molecule has 0 spiro atoms. The highest BCUT2D eigenvalue weighted by molar-refractivity contribution is 5.85. The Balaban J connectivity index is 1.87. The van der Waals surface area contributed by atoms with Gasteiger partial charge in [0.2, 0.25) is 11.8 Å². The van der Waals surface area contributed by atoms with Crippen molar-refractivity contribution in [3.8, 4) is 5.75 Å². The van der Waals surface area contributed by atoms with Gasteiger partial charge in [0.1, 0.15) is 5.75 Å². The summed E-state index contributed by atoms with van der Waals surface area (Å²) in [5.41, 5.74) is 1.47. The normalized spacial score (nSPS) is 13.5. The number of carboxylic acid groups (broad SMARTS) is 1. The van der Waals surface area contributed by atoms with E-state index in [1.165, 1.54) is 0 Å². The lowest BCUT2D eigenvalue weighted by atomic mass is 10.0. The van der Waals surface area contributed by atoms with Gasteiger partial charge in [-0.1, -0.05) is 13.0 Å². The topological polar surface area (TPSA) is 105 Å². The molecule has 0 saturated carbocycles. The lowest BCUT2D eigenvalue weighted by molar-refractivity contribution is -0.142. The molecule has 3 N–H and O–H groups in total. The summed E-state index contributed by atoms with van der Waals surface area (Å²) in [4.78, 5) is 35.1. The van der Waals surface area contributed by atoms with Crippen LogP contribution < -0.4 is 15.4 Å². The number of amides is 2. The van der Waals surface area contributed by atoms with E-state index in [1.54, 1.807) is 18.2 Å². The van der Waals surface area contributed by atoms with Crippen LogP contribution in [0.15, 0.2) is 18.2 Å². The van der Waals surface area contributed by atoms with Gasteiger partial charge in [0.25, 0.3) is 0 Å². The number of benzene rings is 1. The van der Waals surface area contributed by atoms with Gasteiger partial charge in [0.15, 0.2) is 6.04 Å². The van der Waals surface area contributed by atoms with E-state index in [0.29, 0.717) is 25.1 Å². The molecule has 7 nitrogen and oxygen atoms in total. The third-order valence-corrected chi connectivity index (χ3v) is 3.98. The van der Waals surface area contributed by atoms with Crippen molar-refractivity contribution in [3.05, 3.63) is 29.3 Å². The second-order valence-electron chi connectivity index (χ2n) is 6.01. The average molecular weight is 348 g/mol. The third-order valence-electron chi connectivity index (χ3n) is 3.98. The van der Waals surface area contributed by atoms with Gasteiger partial charge in [0, 0.05) is 25.8 Å². The first kappa shape index (κ1) is 18.8.